The molecule has 3 aromatic rings. The number of aromatic amines is 1. The number of amides is 1. The van der Waals surface area contributed by atoms with E-state index in [0.717, 1.165) is 68.8 Å². The van der Waals surface area contributed by atoms with Crippen molar-refractivity contribution in [2.24, 2.45) is 7.05 Å². The summed E-state index contributed by atoms with van der Waals surface area (Å²) in [5.41, 5.74) is 4.54. The molecule has 3 heterocycles. The molecule has 5 rings (SSSR count). The molecule has 41 heavy (non-hydrogen) atoms. The van der Waals surface area contributed by atoms with Crippen LogP contribution in [0.5, 0.6) is 0 Å². The van der Waals surface area contributed by atoms with Crippen LogP contribution < -0.4 is 5.32 Å². The number of anilines is 1. The summed E-state index contributed by atoms with van der Waals surface area (Å²) >= 11 is 0. The number of halogens is 3. The Labute approximate surface area is 234 Å². The van der Waals surface area contributed by atoms with Crippen LogP contribution >= 0.6 is 0 Å². The fourth-order valence-electron chi connectivity index (χ4n) is 4.94. The van der Waals surface area contributed by atoms with Crippen molar-refractivity contribution in [3.05, 3.63) is 77.1 Å². The van der Waals surface area contributed by atoms with Crippen molar-refractivity contribution >= 4 is 29.0 Å². The smallest absolute Gasteiger partial charge is 0.475 e. The van der Waals surface area contributed by atoms with Gasteiger partial charge in [-0.25, -0.2) is 14.8 Å². The van der Waals surface area contributed by atoms with Crippen LogP contribution in [0.3, 0.4) is 0 Å². The molecule has 0 unspecified atom stereocenters. The van der Waals surface area contributed by atoms with Gasteiger partial charge in [-0.1, -0.05) is 18.7 Å². The third kappa shape index (κ3) is 7.61. The lowest BCUT2D eigenvalue weighted by Gasteiger charge is -2.32. The molecule has 1 aliphatic carbocycles. The minimum absolute atomic E-state index is 0.154. The number of hydrogen-bond acceptors (Lipinski definition) is 5. The van der Waals surface area contributed by atoms with E-state index in [1.165, 1.54) is 17.3 Å². The van der Waals surface area contributed by atoms with E-state index in [9.17, 15) is 18.0 Å². The lowest BCUT2D eigenvalue weighted by atomic mass is 9.87. The number of rotatable bonds is 6. The first-order chi connectivity index (χ1) is 19.5. The molecule has 1 aromatic carbocycles. The van der Waals surface area contributed by atoms with Gasteiger partial charge in [-0.05, 0) is 74.4 Å². The summed E-state index contributed by atoms with van der Waals surface area (Å²) < 4.78 is 33.8. The topological polar surface area (TPSA) is 120 Å². The molecular weight excluding hydrogens is 539 g/mol. The van der Waals surface area contributed by atoms with Gasteiger partial charge in [0.2, 0.25) is 5.82 Å². The number of H-pyrrole nitrogens is 1. The lowest BCUT2D eigenvalue weighted by molar-refractivity contribution is -0.192. The summed E-state index contributed by atoms with van der Waals surface area (Å²) in [5, 5.41) is 10.1. The second-order valence-electron chi connectivity index (χ2n) is 9.92. The Kier molecular flexibility index (Phi) is 9.24. The zero-order valence-electron chi connectivity index (χ0n) is 22.4. The summed E-state index contributed by atoms with van der Waals surface area (Å²) in [6.07, 6.45) is 7.91. The Bertz CT molecular complexity index is 1460. The maximum Gasteiger partial charge on any atom is 0.490 e. The van der Waals surface area contributed by atoms with Gasteiger partial charge in [-0.15, -0.1) is 0 Å². The number of aliphatic carboxylic acids is 1. The summed E-state index contributed by atoms with van der Waals surface area (Å²) in [7, 11) is 2.05. The van der Waals surface area contributed by atoms with Crippen LogP contribution in [0.1, 0.15) is 65.6 Å². The van der Waals surface area contributed by atoms with Gasteiger partial charge in [-0.2, -0.15) is 13.2 Å². The Balaban J connectivity index is 0.000000493. The highest BCUT2D eigenvalue weighted by Crippen LogP contribution is 2.37. The summed E-state index contributed by atoms with van der Waals surface area (Å²) in [6.45, 7) is 10.1. The van der Waals surface area contributed by atoms with E-state index in [-0.39, 0.29) is 17.5 Å². The Morgan fingerprint density at radius 1 is 1.24 bits per heavy atom. The molecule has 3 N–H and O–H groups in total. The van der Waals surface area contributed by atoms with Crippen molar-refractivity contribution < 1.29 is 27.9 Å². The van der Waals surface area contributed by atoms with Gasteiger partial charge in [0.15, 0.2) is 0 Å². The van der Waals surface area contributed by atoms with Crippen molar-refractivity contribution in [2.75, 3.05) is 18.4 Å². The van der Waals surface area contributed by atoms with Gasteiger partial charge in [0.25, 0.3) is 5.82 Å². The Morgan fingerprint density at radius 2 is 1.98 bits per heavy atom. The van der Waals surface area contributed by atoms with Crippen molar-refractivity contribution in [2.45, 2.75) is 50.7 Å². The third-order valence-electron chi connectivity index (χ3n) is 7.16. The van der Waals surface area contributed by atoms with E-state index in [1.54, 1.807) is 0 Å². The number of carbonyl (C=O) groups is 2. The number of alkyl halides is 3. The van der Waals surface area contributed by atoms with Crippen LogP contribution in [-0.4, -0.2) is 60.7 Å². The molecule has 10 nitrogen and oxygen atoms in total. The normalized spacial score (nSPS) is 15.9. The highest BCUT2D eigenvalue weighted by Gasteiger charge is 2.38. The molecule has 0 radical (unpaired) electrons. The van der Waals surface area contributed by atoms with E-state index in [4.69, 9.17) is 16.5 Å². The summed E-state index contributed by atoms with van der Waals surface area (Å²) in [5.74, 6) is -1.06. The molecule has 0 atom stereocenters. The molecule has 1 aliphatic heterocycles. The minimum Gasteiger partial charge on any atom is -0.475 e. The van der Waals surface area contributed by atoms with Crippen LogP contribution in [-0.2, 0) is 18.4 Å². The number of allylic oxidation sites excluding steroid dienone is 2. The fraction of sp³-hybridized carbons (Fsp3) is 0.393. The maximum atomic E-state index is 12.7. The van der Waals surface area contributed by atoms with Crippen LogP contribution in [0.15, 0.2) is 42.9 Å². The maximum absolute atomic E-state index is 12.7. The number of aryl methyl sites for hydroxylation is 1. The van der Waals surface area contributed by atoms with E-state index >= 15 is 0 Å². The number of imidazole rings is 2. The number of carboxylic acids is 1. The van der Waals surface area contributed by atoms with Crippen LogP contribution in [0.4, 0.5) is 24.7 Å². The number of carbonyl (C=O) groups excluding carboxylic acids is 1. The van der Waals surface area contributed by atoms with Crippen molar-refractivity contribution in [3.8, 4) is 0 Å². The first-order valence-corrected chi connectivity index (χ1v) is 13.1. The second kappa shape index (κ2) is 12.8. The predicted molar refractivity (Wildman–Crippen MR) is 145 cm³/mol. The highest BCUT2D eigenvalue weighted by molar-refractivity contribution is 6.03. The average Bonchev–Trinajstić information content (AvgIpc) is 3.72. The zero-order valence-corrected chi connectivity index (χ0v) is 22.4. The summed E-state index contributed by atoms with van der Waals surface area (Å²) in [4.78, 5) is 38.7. The Hall–Kier alpha value is -4.44. The van der Waals surface area contributed by atoms with E-state index < -0.39 is 12.1 Å². The van der Waals surface area contributed by atoms with Crippen molar-refractivity contribution in [1.29, 1.82) is 0 Å². The second-order valence-corrected chi connectivity index (χ2v) is 9.92. The SMILES string of the molecule is O=C(O)C(F)(F)F.[C-]#[N+]c1cnc(C(=O)Nc2ccc(C3CCN(Cc4nccn4C)CC3)cc2C2=CCCC2)[nH]1. The molecule has 2 aromatic heterocycles. The quantitative estimate of drug-likeness (QED) is 0.336. The number of aromatic nitrogens is 4. The molecule has 13 heteroatoms. The molecule has 2 aliphatic rings. The number of likely N-dealkylation sites (tertiary alicyclic amines) is 1. The number of nitrogens with zero attached hydrogens (tertiary/aromatic N) is 5. The molecular formula is C28H30F3N7O3. The number of carboxylic acid groups (broad SMARTS) is 1. The van der Waals surface area contributed by atoms with Crippen LogP contribution in [0.2, 0.25) is 0 Å². The van der Waals surface area contributed by atoms with Crippen LogP contribution in [0, 0.1) is 6.57 Å². The zero-order chi connectivity index (χ0) is 29.6. The first-order valence-electron chi connectivity index (χ1n) is 13.1. The predicted octanol–water partition coefficient (Wildman–Crippen LogP) is 5.53. The first kappa shape index (κ1) is 29.5. The molecule has 0 saturated carbocycles. The minimum atomic E-state index is -5.08. The van der Waals surface area contributed by atoms with E-state index in [2.05, 4.69) is 52.8 Å². The van der Waals surface area contributed by atoms with Crippen molar-refractivity contribution in [3.63, 3.8) is 0 Å². The van der Waals surface area contributed by atoms with Gasteiger partial charge in [-0.3, -0.25) is 14.7 Å². The highest BCUT2D eigenvalue weighted by atomic mass is 19.4. The molecule has 0 spiro atoms. The molecule has 216 valence electrons. The number of piperidine rings is 1. The fourth-order valence-corrected chi connectivity index (χ4v) is 4.94. The van der Waals surface area contributed by atoms with Crippen LogP contribution in [0.25, 0.3) is 10.4 Å². The van der Waals surface area contributed by atoms with Gasteiger partial charge in [0, 0.05) is 30.7 Å². The number of nitrogens with one attached hydrogen (secondary N) is 2. The van der Waals surface area contributed by atoms with E-state index in [0.29, 0.717) is 5.92 Å². The largest absolute Gasteiger partial charge is 0.490 e. The summed E-state index contributed by atoms with van der Waals surface area (Å²) in [6, 6.07) is 6.46. The van der Waals surface area contributed by atoms with Gasteiger partial charge in [0.1, 0.15) is 5.82 Å². The molecule has 1 fully saturated rings. The monoisotopic (exact) mass is 569 g/mol. The Morgan fingerprint density at radius 3 is 2.54 bits per heavy atom. The molecule has 0 bridgehead atoms. The third-order valence-corrected chi connectivity index (χ3v) is 7.16. The molecule has 1 saturated heterocycles. The molecule has 1 amide bonds. The average molecular weight is 570 g/mol. The van der Waals surface area contributed by atoms with Gasteiger partial charge < -0.3 is 19.8 Å². The number of benzene rings is 1. The van der Waals surface area contributed by atoms with Gasteiger partial charge >= 0.3 is 18.1 Å². The van der Waals surface area contributed by atoms with Crippen molar-refractivity contribution in [1.82, 2.24) is 24.4 Å². The number of hydrogen-bond donors (Lipinski definition) is 3. The van der Waals surface area contributed by atoms with E-state index in [1.807, 2.05) is 25.5 Å². The lowest BCUT2D eigenvalue weighted by Crippen LogP contribution is -2.33. The van der Waals surface area contributed by atoms with Gasteiger partial charge in [0.05, 0.1) is 12.7 Å². The standard InChI is InChI=1S/C26H29N7O.C2HF3O2/c1-27-23-16-29-25(31-23)26(34)30-22-8-7-20(15-21(22)19-5-3-4-6-19)18-9-12-33(13-10-18)17-24-28-11-14-32(24)2;3-2(4,5)1(6)7/h5,7-8,11,14-16,18H,3-4,6,9-10,12-13,17H2,2H3,(H,29,31)(H,30,34);(H,6,7).